The summed E-state index contributed by atoms with van der Waals surface area (Å²) in [5.74, 6) is -0.215. The molecule has 0 aromatic rings. The summed E-state index contributed by atoms with van der Waals surface area (Å²) in [4.78, 5) is 11.2. The molecule has 0 saturated heterocycles. The van der Waals surface area contributed by atoms with Crippen molar-refractivity contribution in [2.75, 3.05) is 13.2 Å². The van der Waals surface area contributed by atoms with Crippen LogP contribution in [0.2, 0.25) is 0 Å². The van der Waals surface area contributed by atoms with E-state index in [1.54, 1.807) is 0 Å². The Hall–Kier alpha value is -0.830. The van der Waals surface area contributed by atoms with E-state index in [4.69, 9.17) is 9.84 Å². The van der Waals surface area contributed by atoms with Gasteiger partial charge in [0, 0.05) is 12.7 Å². The Morgan fingerprint density at radius 1 is 0.850 bits per heavy atom. The molecule has 0 heterocycles. The van der Waals surface area contributed by atoms with E-state index in [1.807, 2.05) is 13.8 Å². The minimum atomic E-state index is -0.215. The molecule has 0 aromatic heterocycles. The van der Waals surface area contributed by atoms with Crippen LogP contribution < -0.4 is 0 Å². The van der Waals surface area contributed by atoms with Gasteiger partial charge in [-0.25, -0.2) is 4.79 Å². The molecule has 0 aromatic carbocycles. The van der Waals surface area contributed by atoms with Crippen LogP contribution in [0.1, 0.15) is 78.1 Å². The molecule has 20 heavy (non-hydrogen) atoms. The number of carbonyl (C=O) groups is 1. The van der Waals surface area contributed by atoms with Crippen LogP contribution in [-0.2, 0) is 9.53 Å². The summed E-state index contributed by atoms with van der Waals surface area (Å²) in [5.41, 5.74) is 0.981. The first-order valence-electron chi connectivity index (χ1n) is 8.09. The second-order valence-electron chi connectivity index (χ2n) is 5.65. The number of unbranched alkanes of at least 4 members (excludes halogenated alkanes) is 9. The zero-order valence-corrected chi connectivity index (χ0v) is 13.3. The summed E-state index contributed by atoms with van der Waals surface area (Å²) in [6.45, 7) is 4.66. The van der Waals surface area contributed by atoms with Gasteiger partial charge in [-0.2, -0.15) is 0 Å². The van der Waals surface area contributed by atoms with Crippen molar-refractivity contribution in [2.45, 2.75) is 78.1 Å². The van der Waals surface area contributed by atoms with Crippen LogP contribution in [-0.4, -0.2) is 24.3 Å². The molecule has 0 rings (SSSR count). The Morgan fingerprint density at radius 2 is 1.30 bits per heavy atom. The number of carbonyl (C=O) groups excluding carboxylic acids is 1. The highest BCUT2D eigenvalue weighted by Gasteiger charge is 1.97. The minimum Gasteiger partial charge on any atom is -0.463 e. The van der Waals surface area contributed by atoms with Crippen molar-refractivity contribution < 1.29 is 14.6 Å². The van der Waals surface area contributed by atoms with Gasteiger partial charge in [0.25, 0.3) is 0 Å². The quantitative estimate of drug-likeness (QED) is 0.310. The van der Waals surface area contributed by atoms with Gasteiger partial charge >= 0.3 is 5.97 Å². The van der Waals surface area contributed by atoms with Crippen LogP contribution in [0.5, 0.6) is 0 Å². The molecule has 1 N–H and O–H groups in total. The summed E-state index contributed by atoms with van der Waals surface area (Å²) >= 11 is 0. The highest BCUT2D eigenvalue weighted by Crippen LogP contribution is 2.10. The second kappa shape index (κ2) is 14.6. The molecule has 0 unspecified atom stereocenters. The number of hydrogen-bond acceptors (Lipinski definition) is 3. The maximum Gasteiger partial charge on any atom is 0.330 e. The monoisotopic (exact) mass is 284 g/mol. The Kier molecular flexibility index (Phi) is 14.0. The van der Waals surface area contributed by atoms with Crippen LogP contribution in [0, 0.1) is 0 Å². The number of ether oxygens (including phenoxy) is 1. The molecule has 0 aliphatic rings. The minimum absolute atomic E-state index is 0.215. The topological polar surface area (TPSA) is 46.5 Å². The van der Waals surface area contributed by atoms with Crippen molar-refractivity contribution in [1.82, 2.24) is 0 Å². The van der Waals surface area contributed by atoms with E-state index < -0.39 is 0 Å². The highest BCUT2D eigenvalue weighted by molar-refractivity contribution is 5.82. The average Bonchev–Trinajstić information content (AvgIpc) is 2.39. The first kappa shape index (κ1) is 19.2. The van der Waals surface area contributed by atoms with Gasteiger partial charge < -0.3 is 9.84 Å². The number of hydrogen-bond donors (Lipinski definition) is 1. The lowest BCUT2D eigenvalue weighted by Crippen LogP contribution is -2.02. The molecule has 0 bridgehead atoms. The van der Waals surface area contributed by atoms with Crippen molar-refractivity contribution in [3.8, 4) is 0 Å². The van der Waals surface area contributed by atoms with Gasteiger partial charge in [-0.15, -0.1) is 0 Å². The van der Waals surface area contributed by atoms with E-state index in [9.17, 15) is 4.79 Å². The molecule has 0 aliphatic carbocycles. The number of rotatable bonds is 13. The lowest BCUT2D eigenvalue weighted by Gasteiger charge is -2.03. The van der Waals surface area contributed by atoms with Gasteiger partial charge in [0.2, 0.25) is 0 Å². The van der Waals surface area contributed by atoms with Crippen LogP contribution in [0.3, 0.4) is 0 Å². The van der Waals surface area contributed by atoms with E-state index in [2.05, 4.69) is 0 Å². The summed E-state index contributed by atoms with van der Waals surface area (Å²) in [6.07, 6.45) is 13.4. The molecule has 3 heteroatoms. The number of aliphatic hydroxyl groups excluding tert-OH is 1. The van der Waals surface area contributed by atoms with Gasteiger partial charge in [-0.1, -0.05) is 56.9 Å². The fourth-order valence-electron chi connectivity index (χ4n) is 2.08. The van der Waals surface area contributed by atoms with E-state index in [0.29, 0.717) is 13.2 Å². The average molecular weight is 284 g/mol. The molecular weight excluding hydrogens is 252 g/mol. The fraction of sp³-hybridized carbons (Fsp3) is 0.824. The molecule has 0 spiro atoms. The molecule has 3 nitrogen and oxygen atoms in total. The maximum atomic E-state index is 11.2. The van der Waals surface area contributed by atoms with Crippen molar-refractivity contribution in [1.29, 1.82) is 0 Å². The smallest absolute Gasteiger partial charge is 0.330 e. The zero-order chi connectivity index (χ0) is 15.1. The molecule has 0 amide bonds. The molecule has 118 valence electrons. The largest absolute Gasteiger partial charge is 0.463 e. The van der Waals surface area contributed by atoms with Crippen molar-refractivity contribution in [2.24, 2.45) is 0 Å². The molecular formula is C17H32O3. The van der Waals surface area contributed by atoms with Gasteiger partial charge in [-0.05, 0) is 26.7 Å². The molecule has 0 saturated carbocycles. The Balaban J connectivity index is 3.13. The van der Waals surface area contributed by atoms with Crippen LogP contribution in [0.25, 0.3) is 0 Å². The number of aliphatic hydroxyl groups is 1. The summed E-state index contributed by atoms with van der Waals surface area (Å²) in [5, 5.41) is 8.65. The third kappa shape index (κ3) is 15.2. The van der Waals surface area contributed by atoms with Crippen molar-refractivity contribution >= 4 is 5.97 Å². The lowest BCUT2D eigenvalue weighted by atomic mass is 10.1. The van der Waals surface area contributed by atoms with Crippen LogP contribution >= 0.6 is 0 Å². The van der Waals surface area contributed by atoms with Gasteiger partial charge in [0.1, 0.15) is 0 Å². The Morgan fingerprint density at radius 3 is 1.75 bits per heavy atom. The van der Waals surface area contributed by atoms with Crippen molar-refractivity contribution in [3.05, 3.63) is 11.6 Å². The molecule has 0 aliphatic heterocycles. The van der Waals surface area contributed by atoms with Gasteiger partial charge in [0.05, 0.1) is 6.61 Å². The third-order valence-corrected chi connectivity index (χ3v) is 3.20. The molecule has 0 radical (unpaired) electrons. The Labute approximate surface area is 124 Å². The first-order valence-corrected chi connectivity index (χ1v) is 8.09. The van der Waals surface area contributed by atoms with E-state index in [0.717, 1.165) is 31.3 Å². The maximum absolute atomic E-state index is 11.2. The van der Waals surface area contributed by atoms with Gasteiger partial charge in [0.15, 0.2) is 0 Å². The molecule has 0 atom stereocenters. The fourth-order valence-corrected chi connectivity index (χ4v) is 2.08. The predicted molar refractivity (Wildman–Crippen MR) is 83.6 cm³/mol. The molecule has 0 fully saturated rings. The lowest BCUT2D eigenvalue weighted by molar-refractivity contribution is -0.137. The van der Waals surface area contributed by atoms with Crippen LogP contribution in [0.4, 0.5) is 0 Å². The number of esters is 1. The van der Waals surface area contributed by atoms with E-state index in [-0.39, 0.29) is 5.97 Å². The third-order valence-electron chi connectivity index (χ3n) is 3.20. The zero-order valence-electron chi connectivity index (χ0n) is 13.3. The summed E-state index contributed by atoms with van der Waals surface area (Å²) in [7, 11) is 0. The standard InChI is InChI=1S/C17H32O3/c1-16(2)15-17(19)20-14-12-10-8-6-4-3-5-7-9-11-13-18/h15,18H,3-14H2,1-2H3. The highest BCUT2D eigenvalue weighted by atomic mass is 16.5. The summed E-state index contributed by atoms with van der Waals surface area (Å²) < 4.78 is 5.10. The summed E-state index contributed by atoms with van der Waals surface area (Å²) in [6, 6.07) is 0. The van der Waals surface area contributed by atoms with Gasteiger partial charge in [-0.3, -0.25) is 0 Å². The second-order valence-corrected chi connectivity index (χ2v) is 5.65. The van der Waals surface area contributed by atoms with Crippen molar-refractivity contribution in [3.63, 3.8) is 0 Å². The van der Waals surface area contributed by atoms with Crippen LogP contribution in [0.15, 0.2) is 11.6 Å². The predicted octanol–water partition coefficient (Wildman–Crippen LogP) is 4.39. The first-order chi connectivity index (χ1) is 9.66. The van der Waals surface area contributed by atoms with E-state index >= 15 is 0 Å². The SMILES string of the molecule is CC(C)=CC(=O)OCCCCCCCCCCCCO. The number of allylic oxidation sites excluding steroid dienone is 1. The van der Waals surface area contributed by atoms with E-state index in [1.165, 1.54) is 44.6 Å². The normalized spacial score (nSPS) is 10.3. The Bertz CT molecular complexity index is 255.